The van der Waals surface area contributed by atoms with E-state index in [0.29, 0.717) is 32.3 Å². The van der Waals surface area contributed by atoms with Gasteiger partial charge in [-0.1, -0.05) is 67.6 Å². The molecule has 2 heterocycles. The van der Waals surface area contributed by atoms with E-state index in [-0.39, 0.29) is 24.6 Å². The number of rotatable bonds is 8. The molecule has 0 bridgehead atoms. The maximum absolute atomic E-state index is 13.9. The van der Waals surface area contributed by atoms with Crippen molar-refractivity contribution in [3.8, 4) is 5.75 Å². The first-order valence-corrected chi connectivity index (χ1v) is 15.2. The molecule has 0 unspecified atom stereocenters. The number of carbonyl (C=O) groups excluding carboxylic acids is 1. The largest absolute Gasteiger partial charge is 0.488 e. The first kappa shape index (κ1) is 29.7. The van der Waals surface area contributed by atoms with Crippen molar-refractivity contribution in [1.29, 1.82) is 0 Å². The van der Waals surface area contributed by atoms with Gasteiger partial charge in [0.25, 0.3) is 5.56 Å². The summed E-state index contributed by atoms with van der Waals surface area (Å²) in [6.45, 7) is 8.28. The summed E-state index contributed by atoms with van der Waals surface area (Å²) >= 11 is 4.84. The second-order valence-corrected chi connectivity index (χ2v) is 12.1. The summed E-state index contributed by atoms with van der Waals surface area (Å²) in [5, 5.41) is 0. The van der Waals surface area contributed by atoms with E-state index < -0.39 is 12.0 Å². The number of esters is 1. The fraction of sp³-hybridized carbons (Fsp3) is 0.242. The molecule has 6 nitrogen and oxygen atoms in total. The summed E-state index contributed by atoms with van der Waals surface area (Å²) in [5.74, 6) is 0.197. The molecular weight excluding hydrogens is 619 g/mol. The molecule has 0 saturated carbocycles. The molecule has 0 fully saturated rings. The highest BCUT2D eigenvalue weighted by atomic mass is 79.9. The fourth-order valence-corrected chi connectivity index (χ4v) is 6.34. The number of hydrogen-bond donors (Lipinski definition) is 0. The average molecular weight is 650 g/mol. The van der Waals surface area contributed by atoms with E-state index in [4.69, 9.17) is 9.47 Å². The number of benzene rings is 3. The lowest BCUT2D eigenvalue weighted by molar-refractivity contribution is -0.139. The van der Waals surface area contributed by atoms with Crippen LogP contribution in [-0.4, -0.2) is 17.1 Å². The van der Waals surface area contributed by atoms with Crippen LogP contribution in [0.25, 0.3) is 6.08 Å². The fourth-order valence-electron chi connectivity index (χ4n) is 4.79. The van der Waals surface area contributed by atoms with Gasteiger partial charge in [-0.3, -0.25) is 9.36 Å². The van der Waals surface area contributed by atoms with Gasteiger partial charge >= 0.3 is 5.97 Å². The summed E-state index contributed by atoms with van der Waals surface area (Å²) in [5.41, 5.74) is 4.27. The van der Waals surface area contributed by atoms with Crippen LogP contribution in [0.1, 0.15) is 61.9 Å². The first-order valence-electron chi connectivity index (χ1n) is 13.6. The van der Waals surface area contributed by atoms with Crippen molar-refractivity contribution >= 4 is 39.3 Å². The van der Waals surface area contributed by atoms with Gasteiger partial charge in [0, 0.05) is 0 Å². The highest BCUT2D eigenvalue weighted by molar-refractivity contribution is 9.10. The molecule has 3 aromatic carbocycles. The number of aromatic nitrogens is 1. The Balaban J connectivity index is 1.52. The van der Waals surface area contributed by atoms with E-state index in [2.05, 4.69) is 34.8 Å². The van der Waals surface area contributed by atoms with Crippen molar-refractivity contribution in [1.82, 2.24) is 4.57 Å². The van der Waals surface area contributed by atoms with Crippen LogP contribution < -0.4 is 19.6 Å². The van der Waals surface area contributed by atoms with E-state index in [0.717, 1.165) is 21.2 Å². The Morgan fingerprint density at radius 2 is 1.83 bits per heavy atom. The zero-order valence-electron chi connectivity index (χ0n) is 23.7. The van der Waals surface area contributed by atoms with Crippen LogP contribution in [0.5, 0.6) is 5.75 Å². The molecule has 1 aliphatic rings. The van der Waals surface area contributed by atoms with Crippen molar-refractivity contribution in [2.75, 3.05) is 6.61 Å². The van der Waals surface area contributed by atoms with Crippen LogP contribution >= 0.6 is 27.3 Å². The molecule has 1 aliphatic heterocycles. The quantitative estimate of drug-likeness (QED) is 0.207. The number of thiazole rings is 1. The highest BCUT2D eigenvalue weighted by Gasteiger charge is 2.33. The standard InChI is InChI=1S/C33H30BrFN2O4S/c1-5-40-32(39)29-20(4)36-33-37(30(29)24-11-9-23(10-12-24)19(2)3)31(38)28(42-33)17-22-8-15-27(26(34)16-22)41-18-21-6-13-25(35)14-7-21/h6-17,19,30H,5,18H2,1-4H3/t30-/m1/s1. The number of allylic oxidation sites excluding steroid dienone is 1. The first-order chi connectivity index (χ1) is 20.2. The van der Waals surface area contributed by atoms with E-state index in [1.165, 1.54) is 29.0 Å². The smallest absolute Gasteiger partial charge is 0.338 e. The van der Waals surface area contributed by atoms with Gasteiger partial charge in [0.05, 0.1) is 32.9 Å². The summed E-state index contributed by atoms with van der Waals surface area (Å²) in [4.78, 5) is 32.2. The molecule has 4 aromatic rings. The molecule has 5 rings (SSSR count). The lowest BCUT2D eigenvalue weighted by Crippen LogP contribution is -2.39. The van der Waals surface area contributed by atoms with Crippen LogP contribution in [0.15, 0.2) is 92.3 Å². The Bertz CT molecular complexity index is 1840. The molecule has 0 aliphatic carbocycles. The minimum Gasteiger partial charge on any atom is -0.488 e. The third-order valence-corrected chi connectivity index (χ3v) is 8.60. The average Bonchev–Trinajstić information content (AvgIpc) is 3.26. The molecule has 0 saturated heterocycles. The maximum Gasteiger partial charge on any atom is 0.338 e. The number of halogens is 2. The molecule has 0 spiro atoms. The van der Waals surface area contributed by atoms with Gasteiger partial charge in [0.15, 0.2) is 4.80 Å². The monoisotopic (exact) mass is 648 g/mol. The second-order valence-electron chi connectivity index (χ2n) is 10.2. The Labute approximate surface area is 255 Å². The number of fused-ring (bicyclic) bond motifs is 1. The zero-order chi connectivity index (χ0) is 30.0. The minimum absolute atomic E-state index is 0.220. The van der Waals surface area contributed by atoms with Crippen molar-refractivity contribution in [2.24, 2.45) is 4.99 Å². The predicted molar refractivity (Wildman–Crippen MR) is 166 cm³/mol. The molecule has 1 aromatic heterocycles. The number of carbonyl (C=O) groups is 1. The van der Waals surface area contributed by atoms with Crippen LogP contribution in [0, 0.1) is 5.82 Å². The summed E-state index contributed by atoms with van der Waals surface area (Å²) < 4.78 is 27.3. The van der Waals surface area contributed by atoms with Gasteiger partial charge in [-0.2, -0.15) is 0 Å². The van der Waals surface area contributed by atoms with Crippen molar-refractivity contribution in [3.05, 3.63) is 130 Å². The van der Waals surface area contributed by atoms with E-state index >= 15 is 0 Å². The normalized spacial score (nSPS) is 15.0. The number of nitrogens with zero attached hydrogens (tertiary/aromatic N) is 2. The van der Waals surface area contributed by atoms with Crippen LogP contribution in [0.2, 0.25) is 0 Å². The molecule has 1 atom stereocenters. The summed E-state index contributed by atoms with van der Waals surface area (Å²) in [7, 11) is 0. The molecule has 0 amide bonds. The van der Waals surface area contributed by atoms with Gasteiger partial charge in [-0.25, -0.2) is 14.2 Å². The van der Waals surface area contributed by atoms with Crippen molar-refractivity contribution in [3.63, 3.8) is 0 Å². The minimum atomic E-state index is -0.655. The second kappa shape index (κ2) is 12.6. The van der Waals surface area contributed by atoms with E-state index in [1.54, 1.807) is 36.6 Å². The zero-order valence-corrected chi connectivity index (χ0v) is 26.1. The SMILES string of the molecule is CCOC(=O)C1=C(C)N=c2sc(=Cc3ccc(OCc4ccc(F)cc4)c(Br)c3)c(=O)n2[C@@H]1c1ccc(C(C)C)cc1. The van der Waals surface area contributed by atoms with Gasteiger partial charge in [-0.05, 0) is 88.3 Å². The molecule has 0 radical (unpaired) electrons. The van der Waals surface area contributed by atoms with Gasteiger partial charge in [0.1, 0.15) is 18.2 Å². The summed E-state index contributed by atoms with van der Waals surface area (Å²) in [6, 6.07) is 19.1. The van der Waals surface area contributed by atoms with Crippen molar-refractivity contribution in [2.45, 2.75) is 46.3 Å². The molecule has 0 N–H and O–H groups in total. The highest BCUT2D eigenvalue weighted by Crippen LogP contribution is 2.32. The number of ether oxygens (including phenoxy) is 2. The van der Waals surface area contributed by atoms with Gasteiger partial charge in [-0.15, -0.1) is 0 Å². The lowest BCUT2D eigenvalue weighted by atomic mass is 9.93. The van der Waals surface area contributed by atoms with Crippen LogP contribution in [0.4, 0.5) is 4.39 Å². The Hall–Kier alpha value is -3.82. The summed E-state index contributed by atoms with van der Waals surface area (Å²) in [6.07, 6.45) is 1.81. The van der Waals surface area contributed by atoms with E-state index in [1.807, 2.05) is 42.5 Å². The Kier molecular flexibility index (Phi) is 8.89. The van der Waals surface area contributed by atoms with E-state index in [9.17, 15) is 14.0 Å². The Morgan fingerprint density at radius 1 is 1.12 bits per heavy atom. The van der Waals surface area contributed by atoms with Crippen LogP contribution in [0.3, 0.4) is 0 Å². The molecule has 42 heavy (non-hydrogen) atoms. The number of hydrogen-bond acceptors (Lipinski definition) is 6. The van der Waals surface area contributed by atoms with Crippen molar-refractivity contribution < 1.29 is 18.7 Å². The topological polar surface area (TPSA) is 69.9 Å². The third kappa shape index (κ3) is 6.17. The molecular formula is C33H30BrFN2O4S. The maximum atomic E-state index is 13.9. The lowest BCUT2D eigenvalue weighted by Gasteiger charge is -2.25. The van der Waals surface area contributed by atoms with Gasteiger partial charge < -0.3 is 9.47 Å². The molecule has 9 heteroatoms. The Morgan fingerprint density at radius 3 is 2.48 bits per heavy atom. The van der Waals surface area contributed by atoms with Gasteiger partial charge in [0.2, 0.25) is 0 Å². The third-order valence-electron chi connectivity index (χ3n) is 7.00. The molecule has 216 valence electrons. The van der Waals surface area contributed by atoms with Crippen LogP contribution in [-0.2, 0) is 16.1 Å². The predicted octanol–water partition coefficient (Wildman–Crippen LogP) is 6.40.